The molecular weight excluding hydrogens is 240 g/mol. The maximum atomic E-state index is 11.8. The van der Waals surface area contributed by atoms with E-state index in [4.69, 9.17) is 5.11 Å². The molecule has 0 aliphatic heterocycles. The number of carboxylic acids is 1. The fraction of sp³-hybridized carbons (Fsp3) is 0.455. The van der Waals surface area contributed by atoms with Gasteiger partial charge in [-0.15, -0.1) is 0 Å². The smallest absolute Gasteiger partial charge is 0.321 e. The van der Waals surface area contributed by atoms with Crippen LogP contribution in [0.15, 0.2) is 16.8 Å². The van der Waals surface area contributed by atoms with Gasteiger partial charge in [-0.25, -0.2) is 4.79 Å². The van der Waals surface area contributed by atoms with Crippen molar-refractivity contribution in [1.82, 2.24) is 4.90 Å². The van der Waals surface area contributed by atoms with E-state index in [1.54, 1.807) is 13.0 Å². The average Bonchev–Trinajstić information content (AvgIpc) is 2.77. The number of nitrogens with one attached hydrogen (secondary N) is 1. The van der Waals surface area contributed by atoms with Crippen LogP contribution in [-0.2, 0) is 4.79 Å². The Labute approximate surface area is 104 Å². The van der Waals surface area contributed by atoms with Crippen LogP contribution in [0.2, 0.25) is 0 Å². The van der Waals surface area contributed by atoms with E-state index in [2.05, 4.69) is 5.32 Å². The molecule has 1 rings (SSSR count). The van der Waals surface area contributed by atoms with Crippen LogP contribution in [0.1, 0.15) is 13.8 Å². The van der Waals surface area contributed by atoms with Crippen molar-refractivity contribution >= 4 is 29.0 Å². The molecule has 0 saturated carbocycles. The zero-order valence-electron chi connectivity index (χ0n) is 9.84. The summed E-state index contributed by atoms with van der Waals surface area (Å²) in [6.45, 7) is 4.10. The minimum absolute atomic E-state index is 0.210. The van der Waals surface area contributed by atoms with Gasteiger partial charge in [0.25, 0.3) is 0 Å². The Balaban J connectivity index is 2.55. The number of carbonyl (C=O) groups excluding carboxylic acids is 1. The van der Waals surface area contributed by atoms with Gasteiger partial charge < -0.3 is 15.3 Å². The molecule has 2 N–H and O–H groups in total. The molecule has 1 aromatic rings. The third-order valence-electron chi connectivity index (χ3n) is 2.36. The monoisotopic (exact) mass is 256 g/mol. The van der Waals surface area contributed by atoms with E-state index in [1.807, 2.05) is 17.7 Å². The highest BCUT2D eigenvalue weighted by Gasteiger charge is 2.19. The molecule has 0 spiro atoms. The molecule has 0 bridgehead atoms. The summed E-state index contributed by atoms with van der Waals surface area (Å²) >= 11 is 1.49. The first-order valence-electron chi connectivity index (χ1n) is 5.35. The highest BCUT2D eigenvalue weighted by molar-refractivity contribution is 7.08. The minimum Gasteiger partial charge on any atom is -0.481 e. The Hall–Kier alpha value is -1.56. The highest BCUT2D eigenvalue weighted by Crippen LogP contribution is 2.13. The molecule has 1 heterocycles. The SMILES string of the molecule is CCN(CC(C)C(=O)O)C(=O)Nc1ccsc1. The zero-order chi connectivity index (χ0) is 12.8. The van der Waals surface area contributed by atoms with Crippen LogP contribution in [0.25, 0.3) is 0 Å². The van der Waals surface area contributed by atoms with Crippen molar-refractivity contribution in [3.05, 3.63) is 16.8 Å². The van der Waals surface area contributed by atoms with Gasteiger partial charge in [0.2, 0.25) is 0 Å². The summed E-state index contributed by atoms with van der Waals surface area (Å²) in [5.74, 6) is -1.46. The maximum absolute atomic E-state index is 11.8. The normalized spacial score (nSPS) is 11.9. The molecule has 17 heavy (non-hydrogen) atoms. The van der Waals surface area contributed by atoms with Crippen molar-refractivity contribution in [2.75, 3.05) is 18.4 Å². The van der Waals surface area contributed by atoms with Gasteiger partial charge >= 0.3 is 12.0 Å². The summed E-state index contributed by atoms with van der Waals surface area (Å²) < 4.78 is 0. The van der Waals surface area contributed by atoms with Crippen molar-refractivity contribution < 1.29 is 14.7 Å². The van der Waals surface area contributed by atoms with Crippen LogP contribution in [0.5, 0.6) is 0 Å². The Kier molecular flexibility index (Phi) is 4.96. The van der Waals surface area contributed by atoms with Crippen LogP contribution in [0, 0.1) is 5.92 Å². The molecular formula is C11H16N2O3S. The summed E-state index contributed by atoms with van der Waals surface area (Å²) in [4.78, 5) is 24.0. The molecule has 1 unspecified atom stereocenters. The van der Waals surface area contributed by atoms with Crippen LogP contribution < -0.4 is 5.32 Å². The summed E-state index contributed by atoms with van der Waals surface area (Å²) in [6, 6.07) is 1.54. The zero-order valence-corrected chi connectivity index (χ0v) is 10.7. The van der Waals surface area contributed by atoms with Crippen molar-refractivity contribution in [3.8, 4) is 0 Å². The quantitative estimate of drug-likeness (QED) is 0.849. The molecule has 0 aliphatic carbocycles. The van der Waals surface area contributed by atoms with E-state index in [0.29, 0.717) is 6.54 Å². The molecule has 0 saturated heterocycles. The van der Waals surface area contributed by atoms with Gasteiger partial charge in [0.15, 0.2) is 0 Å². The first-order valence-corrected chi connectivity index (χ1v) is 6.29. The van der Waals surface area contributed by atoms with Crippen molar-refractivity contribution in [3.63, 3.8) is 0 Å². The van der Waals surface area contributed by atoms with Crippen LogP contribution in [-0.4, -0.2) is 35.1 Å². The lowest BCUT2D eigenvalue weighted by Crippen LogP contribution is -2.39. The molecule has 5 nitrogen and oxygen atoms in total. The van der Waals surface area contributed by atoms with E-state index >= 15 is 0 Å². The molecule has 2 amide bonds. The Morgan fingerprint density at radius 1 is 1.59 bits per heavy atom. The van der Waals surface area contributed by atoms with Crippen molar-refractivity contribution in [1.29, 1.82) is 0 Å². The highest BCUT2D eigenvalue weighted by atomic mass is 32.1. The predicted molar refractivity (Wildman–Crippen MR) is 67.4 cm³/mol. The van der Waals surface area contributed by atoms with Crippen molar-refractivity contribution in [2.45, 2.75) is 13.8 Å². The second-order valence-corrected chi connectivity index (χ2v) is 4.50. The number of hydrogen-bond donors (Lipinski definition) is 2. The second-order valence-electron chi connectivity index (χ2n) is 3.72. The number of amides is 2. The third-order valence-corrected chi connectivity index (χ3v) is 3.04. The van der Waals surface area contributed by atoms with E-state index in [1.165, 1.54) is 16.2 Å². The largest absolute Gasteiger partial charge is 0.481 e. The van der Waals surface area contributed by atoms with Gasteiger partial charge in [0.1, 0.15) is 0 Å². The van der Waals surface area contributed by atoms with E-state index in [0.717, 1.165) is 5.69 Å². The number of aliphatic carboxylic acids is 1. The predicted octanol–water partition coefficient (Wildman–Crippen LogP) is 2.32. The third kappa shape index (κ3) is 4.07. The van der Waals surface area contributed by atoms with Crippen LogP contribution in [0.3, 0.4) is 0 Å². The lowest BCUT2D eigenvalue weighted by molar-refractivity contribution is -0.141. The molecule has 1 aromatic heterocycles. The second kappa shape index (κ2) is 6.24. The summed E-state index contributed by atoms with van der Waals surface area (Å²) in [7, 11) is 0. The number of thiophene rings is 1. The number of anilines is 1. The molecule has 1 atom stereocenters. The minimum atomic E-state index is -0.896. The molecule has 0 radical (unpaired) electrons. The van der Waals surface area contributed by atoms with E-state index in [9.17, 15) is 9.59 Å². The Morgan fingerprint density at radius 2 is 2.29 bits per heavy atom. The Morgan fingerprint density at radius 3 is 2.76 bits per heavy atom. The number of urea groups is 1. The Bertz CT molecular complexity index is 378. The lowest BCUT2D eigenvalue weighted by Gasteiger charge is -2.22. The average molecular weight is 256 g/mol. The van der Waals surface area contributed by atoms with Gasteiger partial charge in [-0.2, -0.15) is 11.3 Å². The number of nitrogens with zero attached hydrogens (tertiary/aromatic N) is 1. The molecule has 0 fully saturated rings. The maximum Gasteiger partial charge on any atom is 0.321 e. The first-order chi connectivity index (χ1) is 8.04. The van der Waals surface area contributed by atoms with Gasteiger partial charge in [-0.1, -0.05) is 6.92 Å². The van der Waals surface area contributed by atoms with Gasteiger partial charge in [-0.3, -0.25) is 4.79 Å². The van der Waals surface area contributed by atoms with Gasteiger partial charge in [0.05, 0.1) is 11.6 Å². The van der Waals surface area contributed by atoms with E-state index in [-0.39, 0.29) is 12.6 Å². The topological polar surface area (TPSA) is 69.6 Å². The summed E-state index contributed by atoms with van der Waals surface area (Å²) in [5, 5.41) is 15.2. The van der Waals surface area contributed by atoms with Gasteiger partial charge in [0, 0.05) is 18.5 Å². The number of carboxylic acid groups (broad SMARTS) is 1. The number of hydrogen-bond acceptors (Lipinski definition) is 3. The first kappa shape index (κ1) is 13.5. The molecule has 6 heteroatoms. The standard InChI is InChI=1S/C11H16N2O3S/c1-3-13(6-8(2)10(14)15)11(16)12-9-4-5-17-7-9/h4-5,7-8H,3,6H2,1-2H3,(H,12,16)(H,14,15). The number of carbonyl (C=O) groups is 2. The molecule has 0 aromatic carbocycles. The van der Waals surface area contributed by atoms with Crippen LogP contribution >= 0.6 is 11.3 Å². The van der Waals surface area contributed by atoms with E-state index < -0.39 is 11.9 Å². The van der Waals surface area contributed by atoms with Crippen molar-refractivity contribution in [2.24, 2.45) is 5.92 Å². The number of rotatable bonds is 5. The fourth-order valence-corrected chi connectivity index (χ4v) is 1.89. The molecule has 0 aliphatic rings. The summed E-state index contributed by atoms with van der Waals surface area (Å²) in [5.41, 5.74) is 0.737. The lowest BCUT2D eigenvalue weighted by atomic mass is 10.2. The summed E-state index contributed by atoms with van der Waals surface area (Å²) in [6.07, 6.45) is 0. The van der Waals surface area contributed by atoms with Crippen LogP contribution in [0.4, 0.5) is 10.5 Å². The van der Waals surface area contributed by atoms with Gasteiger partial charge in [-0.05, 0) is 18.4 Å². The fourth-order valence-electron chi connectivity index (χ4n) is 1.30. The molecule has 94 valence electrons.